The van der Waals surface area contributed by atoms with Crippen molar-refractivity contribution < 1.29 is 18.0 Å². The van der Waals surface area contributed by atoms with Gasteiger partial charge in [-0.1, -0.05) is 26.2 Å². The molecule has 142 valence electrons. The van der Waals surface area contributed by atoms with Crippen molar-refractivity contribution in [2.75, 3.05) is 36.8 Å². The van der Waals surface area contributed by atoms with Crippen molar-refractivity contribution in [1.29, 1.82) is 0 Å². The third kappa shape index (κ3) is 5.91. The molecule has 1 unspecified atom stereocenters. The van der Waals surface area contributed by atoms with Gasteiger partial charge in [0.15, 0.2) is 0 Å². The van der Waals surface area contributed by atoms with E-state index in [4.69, 9.17) is 0 Å². The van der Waals surface area contributed by atoms with Crippen LogP contribution < -0.4 is 10.4 Å². The van der Waals surface area contributed by atoms with Gasteiger partial charge in [0.25, 0.3) is 0 Å². The highest BCUT2D eigenvalue weighted by Gasteiger charge is 2.29. The fourth-order valence-corrected chi connectivity index (χ4v) is 4.74. The Morgan fingerprint density at radius 2 is 1.80 bits per heavy atom. The van der Waals surface area contributed by atoms with Gasteiger partial charge in [-0.15, -0.1) is 0 Å². The molecule has 0 aliphatic carbocycles. The number of sulfonamides is 1. The molecule has 1 saturated heterocycles. The Balaban J connectivity index is 1.88. The van der Waals surface area contributed by atoms with E-state index in [9.17, 15) is 18.0 Å². The lowest BCUT2D eigenvalue weighted by molar-refractivity contribution is 0.128. The SMILES string of the molecule is CCCCCC(CS(=O)(=O)N1CCN(c2ccc(F)cc2)CC1)NO. The molecule has 0 bridgehead atoms. The Hall–Kier alpha value is -1.22. The number of unbranched alkanes of at least 4 members (excludes halogenated alkanes) is 2. The van der Waals surface area contributed by atoms with E-state index in [-0.39, 0.29) is 11.6 Å². The largest absolute Gasteiger partial charge is 0.369 e. The smallest absolute Gasteiger partial charge is 0.215 e. The summed E-state index contributed by atoms with van der Waals surface area (Å²) in [6.07, 6.45) is 3.60. The summed E-state index contributed by atoms with van der Waals surface area (Å²) < 4.78 is 39.7. The Labute approximate surface area is 149 Å². The van der Waals surface area contributed by atoms with Crippen molar-refractivity contribution in [3.63, 3.8) is 0 Å². The van der Waals surface area contributed by atoms with Gasteiger partial charge in [0.1, 0.15) is 5.82 Å². The minimum atomic E-state index is -3.42. The zero-order valence-electron chi connectivity index (χ0n) is 14.7. The number of hydrogen-bond donors (Lipinski definition) is 2. The second kappa shape index (κ2) is 9.47. The molecular formula is C17H28FN3O3S. The molecule has 6 nitrogen and oxygen atoms in total. The van der Waals surface area contributed by atoms with Crippen LogP contribution in [0.5, 0.6) is 0 Å². The molecule has 1 heterocycles. The maximum atomic E-state index is 13.0. The van der Waals surface area contributed by atoms with Crippen LogP contribution in [0.3, 0.4) is 0 Å². The molecule has 0 spiro atoms. The van der Waals surface area contributed by atoms with Crippen LogP contribution in [0.25, 0.3) is 0 Å². The molecule has 1 aliphatic heterocycles. The number of halogens is 1. The van der Waals surface area contributed by atoms with Crippen LogP contribution in [-0.2, 0) is 10.0 Å². The zero-order valence-corrected chi connectivity index (χ0v) is 15.5. The molecule has 0 amide bonds. The van der Waals surface area contributed by atoms with Crippen LogP contribution in [-0.4, -0.2) is 55.9 Å². The van der Waals surface area contributed by atoms with E-state index in [1.807, 2.05) is 0 Å². The number of hydrogen-bond acceptors (Lipinski definition) is 5. The monoisotopic (exact) mass is 373 g/mol. The number of nitrogens with one attached hydrogen (secondary N) is 1. The van der Waals surface area contributed by atoms with Crippen molar-refractivity contribution in [2.24, 2.45) is 0 Å². The van der Waals surface area contributed by atoms with Crippen molar-refractivity contribution in [3.8, 4) is 0 Å². The lowest BCUT2D eigenvalue weighted by Gasteiger charge is -2.36. The van der Waals surface area contributed by atoms with Gasteiger partial charge in [-0.2, -0.15) is 4.31 Å². The molecule has 8 heteroatoms. The first kappa shape index (κ1) is 20.1. The molecule has 1 fully saturated rings. The molecule has 25 heavy (non-hydrogen) atoms. The fourth-order valence-electron chi connectivity index (χ4n) is 3.06. The molecule has 1 atom stereocenters. The van der Waals surface area contributed by atoms with E-state index in [1.54, 1.807) is 12.1 Å². The Morgan fingerprint density at radius 3 is 2.36 bits per heavy atom. The van der Waals surface area contributed by atoms with E-state index in [2.05, 4.69) is 17.3 Å². The van der Waals surface area contributed by atoms with Gasteiger partial charge >= 0.3 is 0 Å². The Kier molecular flexibility index (Phi) is 7.61. The molecule has 1 aromatic carbocycles. The van der Waals surface area contributed by atoms with Crippen LogP contribution in [0.1, 0.15) is 32.6 Å². The van der Waals surface area contributed by atoms with Gasteiger partial charge in [-0.05, 0) is 30.7 Å². The van der Waals surface area contributed by atoms with Gasteiger partial charge in [-0.3, -0.25) is 0 Å². The van der Waals surface area contributed by atoms with Gasteiger partial charge in [0, 0.05) is 37.9 Å². The van der Waals surface area contributed by atoms with E-state index in [0.717, 1.165) is 24.9 Å². The summed E-state index contributed by atoms with van der Waals surface area (Å²) in [7, 11) is -3.42. The fraction of sp³-hybridized carbons (Fsp3) is 0.647. The van der Waals surface area contributed by atoms with E-state index >= 15 is 0 Å². The van der Waals surface area contributed by atoms with Gasteiger partial charge in [0.2, 0.25) is 10.0 Å². The number of rotatable bonds is 9. The minimum absolute atomic E-state index is 0.0935. The first-order valence-electron chi connectivity index (χ1n) is 8.84. The van der Waals surface area contributed by atoms with Crippen LogP contribution in [0.2, 0.25) is 0 Å². The molecule has 0 aromatic heterocycles. The summed E-state index contributed by atoms with van der Waals surface area (Å²) in [6.45, 7) is 4.01. The molecule has 0 radical (unpaired) electrons. The molecule has 1 aliphatic rings. The number of hydroxylamine groups is 1. The van der Waals surface area contributed by atoms with Crippen LogP contribution in [0.4, 0.5) is 10.1 Å². The number of anilines is 1. The van der Waals surface area contributed by atoms with Crippen molar-refractivity contribution in [1.82, 2.24) is 9.79 Å². The summed E-state index contributed by atoms with van der Waals surface area (Å²) in [4.78, 5) is 2.05. The predicted octanol–water partition coefficient (Wildman–Crippen LogP) is 2.21. The minimum Gasteiger partial charge on any atom is -0.369 e. The summed E-state index contributed by atoms with van der Waals surface area (Å²) in [5.41, 5.74) is 3.04. The average Bonchev–Trinajstić information content (AvgIpc) is 2.61. The van der Waals surface area contributed by atoms with Crippen molar-refractivity contribution >= 4 is 15.7 Å². The molecular weight excluding hydrogens is 345 g/mol. The standard InChI is InChI=1S/C17H28FN3O3S/c1-2-3-4-5-16(19-22)14-25(23,24)21-12-10-20(11-13-21)17-8-6-15(18)7-9-17/h6-9,16,19,22H,2-5,10-14H2,1H3. The summed E-state index contributed by atoms with van der Waals surface area (Å²) in [5, 5.41) is 9.23. The van der Waals surface area contributed by atoms with Crippen molar-refractivity contribution in [3.05, 3.63) is 30.1 Å². The highest BCUT2D eigenvalue weighted by molar-refractivity contribution is 7.89. The van der Waals surface area contributed by atoms with Crippen LogP contribution in [0, 0.1) is 5.82 Å². The molecule has 0 saturated carbocycles. The third-order valence-corrected chi connectivity index (χ3v) is 6.55. The first-order valence-corrected chi connectivity index (χ1v) is 10.4. The normalized spacial score (nSPS) is 17.6. The lowest BCUT2D eigenvalue weighted by atomic mass is 10.1. The van der Waals surface area contributed by atoms with Gasteiger partial charge in [-0.25, -0.2) is 18.3 Å². The van der Waals surface area contributed by atoms with Crippen molar-refractivity contribution in [2.45, 2.75) is 38.6 Å². The third-order valence-electron chi connectivity index (χ3n) is 4.57. The Morgan fingerprint density at radius 1 is 1.16 bits per heavy atom. The van der Waals surface area contributed by atoms with Crippen LogP contribution in [0.15, 0.2) is 24.3 Å². The first-order chi connectivity index (χ1) is 12.0. The van der Waals surface area contributed by atoms with E-state index in [0.29, 0.717) is 32.6 Å². The topological polar surface area (TPSA) is 72.9 Å². The Bertz CT molecular complexity index is 617. The van der Waals surface area contributed by atoms with E-state index in [1.165, 1.54) is 16.4 Å². The second-order valence-electron chi connectivity index (χ2n) is 6.46. The highest BCUT2D eigenvalue weighted by atomic mass is 32.2. The average molecular weight is 373 g/mol. The maximum absolute atomic E-state index is 13.0. The number of piperazine rings is 1. The van der Waals surface area contributed by atoms with Gasteiger partial charge < -0.3 is 10.1 Å². The number of nitrogens with zero attached hydrogens (tertiary/aromatic N) is 2. The van der Waals surface area contributed by atoms with Crippen LogP contribution >= 0.6 is 0 Å². The molecule has 2 rings (SSSR count). The molecule has 2 N–H and O–H groups in total. The maximum Gasteiger partial charge on any atom is 0.215 e. The summed E-state index contributed by atoms with van der Waals surface area (Å²) >= 11 is 0. The lowest BCUT2D eigenvalue weighted by Crippen LogP contribution is -2.51. The highest BCUT2D eigenvalue weighted by Crippen LogP contribution is 2.19. The molecule has 1 aromatic rings. The summed E-state index contributed by atoms with van der Waals surface area (Å²) in [6, 6.07) is 5.79. The second-order valence-corrected chi connectivity index (χ2v) is 8.48. The quantitative estimate of drug-likeness (QED) is 0.513. The number of benzene rings is 1. The summed E-state index contributed by atoms with van der Waals surface area (Å²) in [5.74, 6) is -0.375. The van der Waals surface area contributed by atoms with Gasteiger partial charge in [0.05, 0.1) is 5.75 Å². The zero-order chi connectivity index (χ0) is 18.3. The predicted molar refractivity (Wildman–Crippen MR) is 96.8 cm³/mol. The van der Waals surface area contributed by atoms with E-state index < -0.39 is 16.1 Å².